The van der Waals surface area contributed by atoms with Crippen LogP contribution in [0.3, 0.4) is 0 Å². The van der Waals surface area contributed by atoms with Crippen molar-refractivity contribution in [2.75, 3.05) is 32.8 Å². The van der Waals surface area contributed by atoms with Gasteiger partial charge in [0.05, 0.1) is 12.6 Å². The molecule has 2 amide bonds. The number of likely N-dealkylation sites (tertiary alicyclic amines) is 1. The number of amides is 2. The molecule has 3 N–H and O–H groups in total. The number of hydrogen-bond donors (Lipinski definition) is 2. The van der Waals surface area contributed by atoms with Crippen LogP contribution in [0.2, 0.25) is 0 Å². The zero-order valence-corrected chi connectivity index (χ0v) is 17.2. The fourth-order valence-corrected chi connectivity index (χ4v) is 6.80. The molecule has 5 fully saturated rings. The normalized spacial score (nSPS) is 34.6. The molecule has 28 heavy (non-hydrogen) atoms. The topological polar surface area (TPSA) is 84.7 Å². The fraction of sp³-hybridized carbons (Fsp3) is 0.909. The first-order valence-electron chi connectivity index (χ1n) is 11.4. The molecule has 0 aromatic rings. The number of ether oxygens (including phenoxy) is 1. The average molecular weight is 392 g/mol. The van der Waals surface area contributed by atoms with Crippen LogP contribution in [-0.2, 0) is 14.3 Å². The van der Waals surface area contributed by atoms with Crippen LogP contribution in [0.5, 0.6) is 0 Å². The third-order valence-electron chi connectivity index (χ3n) is 7.63. The maximum absolute atomic E-state index is 12.6. The number of piperidine rings is 1. The van der Waals surface area contributed by atoms with Gasteiger partial charge in [0.2, 0.25) is 11.8 Å². The summed E-state index contributed by atoms with van der Waals surface area (Å²) in [4.78, 5) is 27.0. The Morgan fingerprint density at radius 3 is 2.21 bits per heavy atom. The lowest BCUT2D eigenvalue weighted by Crippen LogP contribution is -2.49. The molecule has 4 bridgehead atoms. The second-order valence-electron chi connectivity index (χ2n) is 9.96. The highest BCUT2D eigenvalue weighted by Gasteiger charge is 2.51. The van der Waals surface area contributed by atoms with Crippen molar-refractivity contribution in [2.45, 2.75) is 70.3 Å². The zero-order chi connectivity index (χ0) is 19.6. The summed E-state index contributed by atoms with van der Waals surface area (Å²) in [6.07, 6.45) is 11.4. The average Bonchev–Trinajstić information content (AvgIpc) is 2.65. The smallest absolute Gasteiger partial charge is 0.241 e. The Balaban J connectivity index is 1.17. The lowest BCUT2D eigenvalue weighted by molar-refractivity contribution is -0.137. The first-order chi connectivity index (χ1) is 13.5. The van der Waals surface area contributed by atoms with Crippen LogP contribution >= 0.6 is 0 Å². The Hall–Kier alpha value is -1.14. The quantitative estimate of drug-likeness (QED) is 0.620. The minimum absolute atomic E-state index is 0.0410. The molecule has 6 heteroatoms. The number of nitrogens with two attached hydrogens (primary N) is 1. The maximum atomic E-state index is 12.6. The van der Waals surface area contributed by atoms with E-state index in [1.165, 1.54) is 38.5 Å². The monoisotopic (exact) mass is 391 g/mol. The van der Waals surface area contributed by atoms with Gasteiger partial charge >= 0.3 is 0 Å². The van der Waals surface area contributed by atoms with Gasteiger partial charge < -0.3 is 20.7 Å². The first-order valence-corrected chi connectivity index (χ1v) is 11.4. The highest BCUT2D eigenvalue weighted by Crippen LogP contribution is 2.61. The van der Waals surface area contributed by atoms with Gasteiger partial charge in [-0.3, -0.25) is 9.59 Å². The molecule has 6 nitrogen and oxygen atoms in total. The highest BCUT2D eigenvalue weighted by atomic mass is 16.5. The van der Waals surface area contributed by atoms with Crippen molar-refractivity contribution in [1.82, 2.24) is 10.2 Å². The van der Waals surface area contributed by atoms with Crippen molar-refractivity contribution in [1.29, 1.82) is 0 Å². The van der Waals surface area contributed by atoms with Crippen LogP contribution in [0.1, 0.15) is 64.2 Å². The van der Waals surface area contributed by atoms with Crippen LogP contribution in [-0.4, -0.2) is 55.6 Å². The van der Waals surface area contributed by atoms with Gasteiger partial charge in [0.25, 0.3) is 0 Å². The lowest BCUT2D eigenvalue weighted by Gasteiger charge is -2.56. The number of rotatable bonds is 8. The third kappa shape index (κ3) is 4.70. The van der Waals surface area contributed by atoms with E-state index in [2.05, 4.69) is 5.32 Å². The maximum Gasteiger partial charge on any atom is 0.241 e. The summed E-state index contributed by atoms with van der Waals surface area (Å²) >= 11 is 0. The van der Waals surface area contributed by atoms with Crippen LogP contribution in [0.4, 0.5) is 0 Å². The van der Waals surface area contributed by atoms with Crippen molar-refractivity contribution < 1.29 is 14.3 Å². The SMILES string of the molecule is NCCCOC1CCN(C(=O)CNC(=O)CC23CC4CC(CC(C4)C2)C3)CC1. The number of carbonyl (C=O) groups is 2. The Morgan fingerprint density at radius 2 is 1.64 bits per heavy atom. The van der Waals surface area contributed by atoms with Crippen molar-refractivity contribution >= 4 is 11.8 Å². The second kappa shape index (κ2) is 8.70. The molecule has 1 saturated heterocycles. The number of nitrogens with one attached hydrogen (secondary N) is 1. The van der Waals surface area contributed by atoms with Gasteiger partial charge in [-0.1, -0.05) is 0 Å². The van der Waals surface area contributed by atoms with E-state index in [9.17, 15) is 9.59 Å². The van der Waals surface area contributed by atoms with Crippen LogP contribution in [0.25, 0.3) is 0 Å². The second-order valence-corrected chi connectivity index (χ2v) is 9.96. The van der Waals surface area contributed by atoms with Gasteiger partial charge in [-0.2, -0.15) is 0 Å². The summed E-state index contributed by atoms with van der Waals surface area (Å²) in [5.41, 5.74) is 5.73. The number of hydrogen-bond acceptors (Lipinski definition) is 4. The Morgan fingerprint density at radius 1 is 1.04 bits per heavy atom. The molecule has 0 aromatic heterocycles. The number of nitrogens with zero attached hydrogens (tertiary/aromatic N) is 1. The Labute approximate surface area is 168 Å². The van der Waals surface area contributed by atoms with Crippen molar-refractivity contribution in [3.05, 3.63) is 0 Å². The van der Waals surface area contributed by atoms with Crippen molar-refractivity contribution in [3.8, 4) is 0 Å². The molecule has 5 rings (SSSR count). The van der Waals surface area contributed by atoms with E-state index in [-0.39, 0.29) is 29.9 Å². The molecule has 5 aliphatic rings. The molecule has 1 aliphatic heterocycles. The zero-order valence-electron chi connectivity index (χ0n) is 17.2. The molecule has 1 heterocycles. The largest absolute Gasteiger partial charge is 0.378 e. The van der Waals surface area contributed by atoms with Gasteiger partial charge in [-0.05, 0) is 87.5 Å². The van der Waals surface area contributed by atoms with Crippen molar-refractivity contribution in [3.63, 3.8) is 0 Å². The summed E-state index contributed by atoms with van der Waals surface area (Å²) in [6, 6.07) is 0. The molecular weight excluding hydrogens is 354 g/mol. The van der Waals surface area contributed by atoms with Crippen molar-refractivity contribution in [2.24, 2.45) is 28.9 Å². The summed E-state index contributed by atoms with van der Waals surface area (Å²) in [5, 5.41) is 2.93. The van der Waals surface area contributed by atoms with E-state index in [1.807, 2.05) is 4.90 Å². The molecule has 0 spiro atoms. The van der Waals surface area contributed by atoms with Gasteiger partial charge in [-0.25, -0.2) is 0 Å². The van der Waals surface area contributed by atoms with Gasteiger partial charge in [0.15, 0.2) is 0 Å². The van der Waals surface area contributed by atoms with Crippen LogP contribution in [0, 0.1) is 23.2 Å². The van der Waals surface area contributed by atoms with E-state index in [0.29, 0.717) is 19.6 Å². The first kappa shape index (κ1) is 20.1. The molecule has 158 valence electrons. The molecule has 0 unspecified atom stereocenters. The van der Waals surface area contributed by atoms with E-state index in [1.54, 1.807) is 0 Å². The predicted octanol–water partition coefficient (Wildman–Crippen LogP) is 2.07. The van der Waals surface area contributed by atoms with E-state index >= 15 is 0 Å². The number of carbonyl (C=O) groups excluding carboxylic acids is 2. The Kier molecular flexibility index (Phi) is 6.26. The molecular formula is C22H37N3O3. The molecule has 4 saturated carbocycles. The minimum atomic E-state index is 0.0410. The molecule has 0 radical (unpaired) electrons. The van der Waals surface area contributed by atoms with Gasteiger partial charge in [-0.15, -0.1) is 0 Å². The summed E-state index contributed by atoms with van der Waals surface area (Å²) in [7, 11) is 0. The molecule has 0 atom stereocenters. The van der Waals surface area contributed by atoms with Crippen LogP contribution < -0.4 is 11.1 Å². The fourth-order valence-electron chi connectivity index (χ4n) is 6.80. The lowest BCUT2D eigenvalue weighted by atomic mass is 9.49. The summed E-state index contributed by atoms with van der Waals surface area (Å²) in [6.45, 7) is 2.94. The van der Waals surface area contributed by atoms with E-state index < -0.39 is 0 Å². The highest BCUT2D eigenvalue weighted by molar-refractivity contribution is 5.85. The Bertz CT molecular complexity index is 536. The predicted molar refractivity (Wildman–Crippen MR) is 107 cm³/mol. The van der Waals surface area contributed by atoms with E-state index in [0.717, 1.165) is 50.1 Å². The molecule has 4 aliphatic carbocycles. The molecule has 0 aromatic carbocycles. The van der Waals surface area contributed by atoms with Gasteiger partial charge in [0.1, 0.15) is 0 Å². The summed E-state index contributed by atoms with van der Waals surface area (Å²) < 4.78 is 5.80. The summed E-state index contributed by atoms with van der Waals surface area (Å²) in [5.74, 6) is 2.69. The van der Waals surface area contributed by atoms with Gasteiger partial charge in [0, 0.05) is 26.1 Å². The standard InChI is InChI=1S/C22H37N3O3/c23-4-1-7-28-19-2-5-25(6-3-19)21(27)15-24-20(26)14-22-11-16-8-17(12-22)10-18(9-16)13-22/h16-19H,1-15,23H2,(H,24,26). The van der Waals surface area contributed by atoms with Crippen LogP contribution in [0.15, 0.2) is 0 Å². The van der Waals surface area contributed by atoms with E-state index in [4.69, 9.17) is 10.5 Å². The minimum Gasteiger partial charge on any atom is -0.378 e. The third-order valence-corrected chi connectivity index (χ3v) is 7.63.